The number of nitrogens with one attached hydrogen (secondary N) is 3. The number of ether oxygens (including phenoxy) is 2. The molecule has 3 amide bonds. The predicted octanol–water partition coefficient (Wildman–Crippen LogP) is 1.71. The van der Waals surface area contributed by atoms with E-state index in [0.717, 1.165) is 0 Å². The Labute approximate surface area is 162 Å². The quantitative estimate of drug-likeness (QED) is 0.610. The van der Waals surface area contributed by atoms with Crippen LogP contribution in [0.25, 0.3) is 0 Å². The lowest BCUT2D eigenvalue weighted by Crippen LogP contribution is -2.51. The van der Waals surface area contributed by atoms with E-state index in [2.05, 4.69) is 16.0 Å². The van der Waals surface area contributed by atoms with Gasteiger partial charge in [0.2, 0.25) is 5.91 Å². The van der Waals surface area contributed by atoms with E-state index in [1.807, 2.05) is 6.92 Å². The molecule has 0 saturated carbocycles. The molecule has 1 aliphatic rings. The number of hydrogen-bond acceptors (Lipinski definition) is 6. The molecule has 1 aromatic rings. The summed E-state index contributed by atoms with van der Waals surface area (Å²) in [5.74, 6) is -1.51. The van der Waals surface area contributed by atoms with E-state index >= 15 is 0 Å². The van der Waals surface area contributed by atoms with Crippen LogP contribution in [0.1, 0.15) is 37.6 Å². The van der Waals surface area contributed by atoms with Gasteiger partial charge in [-0.1, -0.05) is 13.0 Å². The summed E-state index contributed by atoms with van der Waals surface area (Å²) in [6.07, 6.45) is 0.470. The Morgan fingerprint density at radius 1 is 1.14 bits per heavy atom. The molecule has 0 saturated heterocycles. The third-order valence-electron chi connectivity index (χ3n) is 3.91. The maximum atomic E-state index is 12.4. The van der Waals surface area contributed by atoms with Crippen molar-refractivity contribution in [3.05, 3.63) is 41.1 Å². The van der Waals surface area contributed by atoms with Crippen molar-refractivity contribution < 1.29 is 28.7 Å². The molecule has 1 aliphatic heterocycles. The molecule has 9 heteroatoms. The summed E-state index contributed by atoms with van der Waals surface area (Å²) >= 11 is 0. The van der Waals surface area contributed by atoms with E-state index in [-0.39, 0.29) is 36.0 Å². The molecule has 0 aliphatic carbocycles. The summed E-state index contributed by atoms with van der Waals surface area (Å²) in [6.45, 7) is 4.72. The Balaban J connectivity index is 2.19. The fourth-order valence-electron chi connectivity index (χ4n) is 2.72. The number of rotatable bonds is 7. The van der Waals surface area contributed by atoms with Crippen molar-refractivity contribution in [2.45, 2.75) is 33.2 Å². The summed E-state index contributed by atoms with van der Waals surface area (Å²) < 4.78 is 10.3. The van der Waals surface area contributed by atoms with Gasteiger partial charge in [0.05, 0.1) is 29.5 Å². The van der Waals surface area contributed by atoms with E-state index in [0.29, 0.717) is 12.1 Å². The van der Waals surface area contributed by atoms with E-state index < -0.39 is 24.0 Å². The summed E-state index contributed by atoms with van der Waals surface area (Å²) in [5.41, 5.74) is 1.08. The monoisotopic (exact) mass is 389 g/mol. The van der Waals surface area contributed by atoms with Gasteiger partial charge in [-0.25, -0.2) is 14.4 Å². The molecule has 0 fully saturated rings. The van der Waals surface area contributed by atoms with E-state index in [1.54, 1.807) is 19.1 Å². The van der Waals surface area contributed by atoms with Gasteiger partial charge in [-0.2, -0.15) is 0 Å². The van der Waals surface area contributed by atoms with Crippen LogP contribution in [-0.2, 0) is 19.1 Å². The van der Waals surface area contributed by atoms with Gasteiger partial charge in [0.25, 0.3) is 0 Å². The molecule has 0 bridgehead atoms. The van der Waals surface area contributed by atoms with Crippen molar-refractivity contribution in [2.75, 3.05) is 18.5 Å². The average molecular weight is 389 g/mol. The minimum absolute atomic E-state index is 0.176. The maximum absolute atomic E-state index is 12.4. The molecule has 1 atom stereocenters. The van der Waals surface area contributed by atoms with Gasteiger partial charge in [0.15, 0.2) is 0 Å². The molecule has 150 valence electrons. The minimum atomic E-state index is -0.663. The Morgan fingerprint density at radius 2 is 1.89 bits per heavy atom. The van der Waals surface area contributed by atoms with Crippen molar-refractivity contribution in [1.29, 1.82) is 0 Å². The highest BCUT2D eigenvalue weighted by molar-refractivity contribution is 5.96. The molecule has 9 nitrogen and oxygen atoms in total. The number of anilines is 1. The lowest BCUT2D eigenvalue weighted by molar-refractivity contribution is -0.139. The average Bonchev–Trinajstić information content (AvgIpc) is 2.65. The third kappa shape index (κ3) is 5.32. The molecular formula is C19H23N3O6. The Kier molecular flexibility index (Phi) is 7.14. The number of carbonyl (C=O) groups is 4. The lowest BCUT2D eigenvalue weighted by atomic mass is 10.0. The first kappa shape index (κ1) is 20.9. The summed E-state index contributed by atoms with van der Waals surface area (Å²) in [4.78, 5) is 47.6. The zero-order chi connectivity index (χ0) is 20.7. The number of carbonyl (C=O) groups excluding carboxylic acids is 4. The molecule has 1 heterocycles. The zero-order valence-electron chi connectivity index (χ0n) is 16.0. The van der Waals surface area contributed by atoms with Crippen molar-refractivity contribution in [2.24, 2.45) is 0 Å². The maximum Gasteiger partial charge on any atom is 0.338 e. The topological polar surface area (TPSA) is 123 Å². The number of hydrogen-bond donors (Lipinski definition) is 3. The van der Waals surface area contributed by atoms with Crippen LogP contribution in [0, 0.1) is 0 Å². The second-order valence-electron chi connectivity index (χ2n) is 6.01. The Morgan fingerprint density at radius 3 is 2.54 bits per heavy atom. The largest absolute Gasteiger partial charge is 0.463 e. The highest BCUT2D eigenvalue weighted by atomic mass is 16.5. The SMILES string of the molecule is CCOC(=O)C1=C(COC(=O)c2cccc(NC(C)=O)c2)NC(=O)N[C@H]1CC. The highest BCUT2D eigenvalue weighted by Gasteiger charge is 2.32. The number of esters is 2. The molecule has 3 N–H and O–H groups in total. The van der Waals surface area contributed by atoms with Gasteiger partial charge in [-0.05, 0) is 31.5 Å². The second-order valence-corrected chi connectivity index (χ2v) is 6.01. The van der Waals surface area contributed by atoms with Crippen molar-refractivity contribution in [3.63, 3.8) is 0 Å². The Bertz CT molecular complexity index is 818. The normalized spacial score (nSPS) is 16.0. The lowest BCUT2D eigenvalue weighted by Gasteiger charge is -2.28. The van der Waals surface area contributed by atoms with Crippen LogP contribution < -0.4 is 16.0 Å². The molecular weight excluding hydrogens is 366 g/mol. The van der Waals surface area contributed by atoms with Crippen LogP contribution in [-0.4, -0.2) is 43.1 Å². The molecule has 0 radical (unpaired) electrons. The van der Waals surface area contributed by atoms with Crippen LogP contribution in [0.4, 0.5) is 10.5 Å². The number of amides is 3. The van der Waals surface area contributed by atoms with Crippen LogP contribution in [0.5, 0.6) is 0 Å². The molecule has 28 heavy (non-hydrogen) atoms. The highest BCUT2D eigenvalue weighted by Crippen LogP contribution is 2.18. The summed E-state index contributed by atoms with van der Waals surface area (Å²) in [7, 11) is 0. The second kappa shape index (κ2) is 9.54. The van der Waals surface area contributed by atoms with Gasteiger partial charge in [-0.15, -0.1) is 0 Å². The van der Waals surface area contributed by atoms with Crippen LogP contribution in [0.2, 0.25) is 0 Å². The van der Waals surface area contributed by atoms with Gasteiger partial charge in [-0.3, -0.25) is 4.79 Å². The zero-order valence-corrected chi connectivity index (χ0v) is 16.0. The summed E-state index contributed by atoms with van der Waals surface area (Å²) in [5, 5.41) is 7.73. The van der Waals surface area contributed by atoms with Crippen LogP contribution in [0.3, 0.4) is 0 Å². The first-order chi connectivity index (χ1) is 13.3. The van der Waals surface area contributed by atoms with Gasteiger partial charge in [0.1, 0.15) is 6.61 Å². The van der Waals surface area contributed by atoms with E-state index in [1.165, 1.54) is 19.1 Å². The third-order valence-corrected chi connectivity index (χ3v) is 3.91. The number of urea groups is 1. The van der Waals surface area contributed by atoms with Crippen molar-refractivity contribution in [3.8, 4) is 0 Å². The Hall–Kier alpha value is -3.36. The predicted molar refractivity (Wildman–Crippen MR) is 100 cm³/mol. The number of benzene rings is 1. The molecule has 2 rings (SSSR count). The minimum Gasteiger partial charge on any atom is -0.463 e. The molecule has 0 aromatic heterocycles. The van der Waals surface area contributed by atoms with Crippen molar-refractivity contribution in [1.82, 2.24) is 10.6 Å². The fraction of sp³-hybridized carbons (Fsp3) is 0.368. The fourth-order valence-corrected chi connectivity index (χ4v) is 2.72. The van der Waals surface area contributed by atoms with Gasteiger partial charge >= 0.3 is 18.0 Å². The standard InChI is InChI=1S/C19H23N3O6/c1-4-14-16(18(25)27-5-2)15(22-19(26)21-14)10-28-17(24)12-7-6-8-13(9-12)20-11(3)23/h6-9,14H,4-5,10H2,1-3H3,(H,20,23)(H2,21,22,26)/t14-/m0/s1. The summed E-state index contributed by atoms with van der Waals surface area (Å²) in [6, 6.07) is 5.22. The van der Waals surface area contributed by atoms with E-state index in [4.69, 9.17) is 9.47 Å². The molecule has 0 unspecified atom stereocenters. The van der Waals surface area contributed by atoms with Gasteiger partial charge < -0.3 is 25.4 Å². The first-order valence-corrected chi connectivity index (χ1v) is 8.88. The van der Waals surface area contributed by atoms with Crippen LogP contribution in [0.15, 0.2) is 35.5 Å². The van der Waals surface area contributed by atoms with Crippen LogP contribution >= 0.6 is 0 Å². The van der Waals surface area contributed by atoms with Crippen molar-refractivity contribution >= 4 is 29.6 Å². The smallest absolute Gasteiger partial charge is 0.338 e. The van der Waals surface area contributed by atoms with Gasteiger partial charge in [0, 0.05) is 12.6 Å². The molecule has 0 spiro atoms. The van der Waals surface area contributed by atoms with E-state index in [9.17, 15) is 19.2 Å². The molecule has 1 aromatic carbocycles. The first-order valence-electron chi connectivity index (χ1n) is 8.88.